The number of nitrogen functional groups attached to an aromatic ring is 2. The predicted molar refractivity (Wildman–Crippen MR) is 89.7 cm³/mol. The lowest BCUT2D eigenvalue weighted by Crippen LogP contribution is -2.10. The second-order valence-electron chi connectivity index (χ2n) is 4.68. The number of carbonyl (C=O) groups is 1. The molecule has 0 atom stereocenters. The molecule has 0 bridgehead atoms. The van der Waals surface area contributed by atoms with Crippen LogP contribution in [-0.2, 0) is 0 Å². The van der Waals surface area contributed by atoms with E-state index in [-0.39, 0.29) is 21.9 Å². The summed E-state index contributed by atoms with van der Waals surface area (Å²) in [6, 6.07) is 4.03. The zero-order valence-corrected chi connectivity index (χ0v) is 13.1. The van der Waals surface area contributed by atoms with E-state index in [2.05, 4.69) is 11.1 Å². The standard InChI is InChI=1S/C14H11N5OS2/c1-5-2-3-21-10(5)7-6(4-15)12(17)19-14-8(7)9(16)11(22-14)13(18)20/h2-3H,16H2,1H3,(H2,17,19)(H2,18,20). The van der Waals surface area contributed by atoms with Crippen LogP contribution in [0.2, 0.25) is 0 Å². The van der Waals surface area contributed by atoms with Crippen molar-refractivity contribution >= 4 is 50.3 Å². The lowest BCUT2D eigenvalue weighted by atomic mass is 10.0. The Kier molecular flexibility index (Phi) is 3.24. The molecule has 0 aliphatic rings. The van der Waals surface area contributed by atoms with E-state index in [1.807, 2.05) is 18.4 Å². The number of anilines is 2. The van der Waals surface area contributed by atoms with Gasteiger partial charge in [0.25, 0.3) is 5.91 Å². The maximum atomic E-state index is 11.5. The summed E-state index contributed by atoms with van der Waals surface area (Å²) >= 11 is 2.57. The number of aromatic nitrogens is 1. The Hall–Kier alpha value is -2.63. The van der Waals surface area contributed by atoms with Gasteiger partial charge in [-0.1, -0.05) is 0 Å². The van der Waals surface area contributed by atoms with Gasteiger partial charge in [0.2, 0.25) is 0 Å². The molecule has 0 unspecified atom stereocenters. The quantitative estimate of drug-likeness (QED) is 0.664. The zero-order valence-electron chi connectivity index (χ0n) is 11.5. The summed E-state index contributed by atoms with van der Waals surface area (Å²) in [5, 5.41) is 11.9. The predicted octanol–water partition coefficient (Wildman–Crippen LogP) is 2.47. The number of nitrogens with zero attached hydrogens (tertiary/aromatic N) is 2. The van der Waals surface area contributed by atoms with Crippen LogP contribution in [0.3, 0.4) is 0 Å². The fourth-order valence-corrected chi connectivity index (χ4v) is 4.27. The molecule has 0 aliphatic heterocycles. The highest BCUT2D eigenvalue weighted by atomic mass is 32.1. The van der Waals surface area contributed by atoms with Gasteiger partial charge in [-0.2, -0.15) is 5.26 Å². The average Bonchev–Trinajstić information content (AvgIpc) is 3.01. The first-order chi connectivity index (χ1) is 10.5. The largest absolute Gasteiger partial charge is 0.397 e. The number of fused-ring (bicyclic) bond motifs is 1. The molecule has 3 aromatic heterocycles. The van der Waals surface area contributed by atoms with Crippen LogP contribution in [0.1, 0.15) is 20.8 Å². The van der Waals surface area contributed by atoms with Crippen molar-refractivity contribution in [2.75, 3.05) is 11.5 Å². The molecule has 6 N–H and O–H groups in total. The SMILES string of the molecule is Cc1ccsc1-c1c(C#N)c(N)nc2sc(C(N)=O)c(N)c12. The van der Waals surface area contributed by atoms with Gasteiger partial charge in [-0.05, 0) is 23.9 Å². The van der Waals surface area contributed by atoms with Gasteiger partial charge in [-0.25, -0.2) is 4.98 Å². The molecule has 0 aromatic carbocycles. The number of aryl methyl sites for hydroxylation is 1. The van der Waals surface area contributed by atoms with E-state index in [1.54, 1.807) is 0 Å². The highest BCUT2D eigenvalue weighted by molar-refractivity contribution is 7.21. The van der Waals surface area contributed by atoms with Crippen LogP contribution >= 0.6 is 22.7 Å². The number of amides is 1. The van der Waals surface area contributed by atoms with Crippen molar-refractivity contribution in [2.45, 2.75) is 6.92 Å². The topological polar surface area (TPSA) is 132 Å². The Labute approximate surface area is 133 Å². The molecule has 3 aromatic rings. The molecule has 8 heteroatoms. The van der Waals surface area contributed by atoms with E-state index in [0.29, 0.717) is 15.8 Å². The van der Waals surface area contributed by atoms with Crippen molar-refractivity contribution in [3.05, 3.63) is 27.5 Å². The molecular formula is C14H11N5OS2. The van der Waals surface area contributed by atoms with E-state index in [9.17, 15) is 10.1 Å². The fraction of sp³-hybridized carbons (Fsp3) is 0.0714. The minimum Gasteiger partial charge on any atom is -0.397 e. The first kappa shape index (κ1) is 14.3. The second-order valence-corrected chi connectivity index (χ2v) is 6.60. The Morgan fingerprint density at radius 1 is 1.41 bits per heavy atom. The summed E-state index contributed by atoms with van der Waals surface area (Å²) in [6.45, 7) is 1.94. The third kappa shape index (κ3) is 1.91. The molecule has 0 fully saturated rings. The maximum Gasteiger partial charge on any atom is 0.260 e. The highest BCUT2D eigenvalue weighted by Gasteiger charge is 2.24. The van der Waals surface area contributed by atoms with Crippen molar-refractivity contribution in [2.24, 2.45) is 5.73 Å². The zero-order chi connectivity index (χ0) is 16.0. The molecule has 22 heavy (non-hydrogen) atoms. The number of pyridine rings is 1. The monoisotopic (exact) mass is 329 g/mol. The molecule has 0 radical (unpaired) electrons. The van der Waals surface area contributed by atoms with Gasteiger partial charge in [0.1, 0.15) is 27.2 Å². The van der Waals surface area contributed by atoms with Crippen molar-refractivity contribution in [3.8, 4) is 16.5 Å². The highest BCUT2D eigenvalue weighted by Crippen LogP contribution is 2.44. The first-order valence-corrected chi connectivity index (χ1v) is 7.91. The van der Waals surface area contributed by atoms with Crippen LogP contribution in [0.15, 0.2) is 11.4 Å². The van der Waals surface area contributed by atoms with E-state index >= 15 is 0 Å². The Balaban J connectivity index is 2.54. The summed E-state index contributed by atoms with van der Waals surface area (Å²) in [6.07, 6.45) is 0. The third-order valence-corrected chi connectivity index (χ3v) is 5.48. The molecule has 6 nitrogen and oxygen atoms in total. The van der Waals surface area contributed by atoms with Gasteiger partial charge in [0.05, 0.1) is 5.69 Å². The maximum absolute atomic E-state index is 11.5. The van der Waals surface area contributed by atoms with E-state index in [1.165, 1.54) is 11.3 Å². The smallest absolute Gasteiger partial charge is 0.260 e. The Morgan fingerprint density at radius 3 is 2.68 bits per heavy atom. The lowest BCUT2D eigenvalue weighted by Gasteiger charge is -2.08. The third-order valence-electron chi connectivity index (χ3n) is 3.33. The molecule has 3 heterocycles. The van der Waals surface area contributed by atoms with Crippen molar-refractivity contribution in [1.82, 2.24) is 4.98 Å². The van der Waals surface area contributed by atoms with E-state index in [0.717, 1.165) is 21.8 Å². The van der Waals surface area contributed by atoms with E-state index in [4.69, 9.17) is 17.2 Å². The molecule has 3 rings (SSSR count). The van der Waals surface area contributed by atoms with Crippen LogP contribution in [0, 0.1) is 18.3 Å². The van der Waals surface area contributed by atoms with Gasteiger partial charge in [-0.3, -0.25) is 4.79 Å². The van der Waals surface area contributed by atoms with Crippen LogP contribution in [-0.4, -0.2) is 10.9 Å². The number of thiophene rings is 2. The lowest BCUT2D eigenvalue weighted by molar-refractivity contribution is 0.100. The molecule has 0 saturated heterocycles. The molecule has 0 spiro atoms. The number of nitrogens with two attached hydrogens (primary N) is 3. The summed E-state index contributed by atoms with van der Waals surface area (Å²) in [5.74, 6) is -0.499. The van der Waals surface area contributed by atoms with Crippen LogP contribution in [0.25, 0.3) is 20.7 Å². The average molecular weight is 329 g/mol. The number of hydrogen-bond acceptors (Lipinski definition) is 7. The van der Waals surface area contributed by atoms with E-state index < -0.39 is 5.91 Å². The van der Waals surface area contributed by atoms with Gasteiger partial charge in [0, 0.05) is 15.8 Å². The number of primary amides is 1. The molecule has 0 saturated carbocycles. The van der Waals surface area contributed by atoms with Crippen LogP contribution in [0.5, 0.6) is 0 Å². The van der Waals surface area contributed by atoms with Crippen molar-refractivity contribution in [1.29, 1.82) is 5.26 Å². The van der Waals surface area contributed by atoms with Crippen LogP contribution in [0.4, 0.5) is 11.5 Å². The fourth-order valence-electron chi connectivity index (χ4n) is 2.32. The van der Waals surface area contributed by atoms with Gasteiger partial charge < -0.3 is 17.2 Å². The number of carbonyl (C=O) groups excluding carboxylic acids is 1. The minimum absolute atomic E-state index is 0.120. The number of rotatable bonds is 2. The second kappa shape index (κ2) is 4.98. The number of hydrogen-bond donors (Lipinski definition) is 3. The number of nitriles is 1. The summed E-state index contributed by atoms with van der Waals surface area (Å²) in [7, 11) is 0. The first-order valence-electron chi connectivity index (χ1n) is 6.21. The van der Waals surface area contributed by atoms with Gasteiger partial charge in [0.15, 0.2) is 0 Å². The Bertz CT molecular complexity index is 964. The molecule has 1 amide bonds. The van der Waals surface area contributed by atoms with Gasteiger partial charge >= 0.3 is 0 Å². The molecule has 0 aliphatic carbocycles. The Morgan fingerprint density at radius 2 is 2.14 bits per heavy atom. The van der Waals surface area contributed by atoms with Gasteiger partial charge in [-0.15, -0.1) is 22.7 Å². The summed E-state index contributed by atoms with van der Waals surface area (Å²) in [5.41, 5.74) is 19.5. The van der Waals surface area contributed by atoms with Crippen molar-refractivity contribution < 1.29 is 4.79 Å². The normalized spacial score (nSPS) is 10.7. The molecule has 110 valence electrons. The summed E-state index contributed by atoms with van der Waals surface area (Å²) < 4.78 is 0. The minimum atomic E-state index is -0.619. The van der Waals surface area contributed by atoms with Crippen molar-refractivity contribution in [3.63, 3.8) is 0 Å². The molecular weight excluding hydrogens is 318 g/mol. The summed E-state index contributed by atoms with van der Waals surface area (Å²) in [4.78, 5) is 17.3. The van der Waals surface area contributed by atoms with Crippen LogP contribution < -0.4 is 17.2 Å².